The van der Waals surface area contributed by atoms with Crippen molar-refractivity contribution in [3.05, 3.63) is 0 Å². The van der Waals surface area contributed by atoms with Crippen molar-refractivity contribution >= 4 is 5.97 Å². The molecule has 0 spiro atoms. The Morgan fingerprint density at radius 3 is 2.13 bits per heavy atom. The predicted octanol–water partition coefficient (Wildman–Crippen LogP) is -1.22. The molecule has 0 aromatic heterocycles. The molecule has 1 saturated heterocycles. The highest BCUT2D eigenvalue weighted by molar-refractivity contribution is 5.73. The second-order valence-corrected chi connectivity index (χ2v) is 4.09. The van der Waals surface area contributed by atoms with Crippen molar-refractivity contribution in [1.82, 2.24) is 0 Å². The van der Waals surface area contributed by atoms with Gasteiger partial charge in [-0.25, -0.2) is 4.79 Å². The van der Waals surface area contributed by atoms with Gasteiger partial charge in [-0.15, -0.1) is 0 Å². The van der Waals surface area contributed by atoms with Crippen LogP contribution in [0.5, 0.6) is 0 Å². The van der Waals surface area contributed by atoms with E-state index in [0.717, 1.165) is 0 Å². The molecular weight excluding hydrogens is 204 g/mol. The van der Waals surface area contributed by atoms with Gasteiger partial charge in [-0.05, 0) is 5.92 Å². The number of carboxylic acid groups (broad SMARTS) is 1. The summed E-state index contributed by atoms with van der Waals surface area (Å²) in [5.41, 5.74) is 0. The number of ether oxygens (including phenoxy) is 1. The summed E-state index contributed by atoms with van der Waals surface area (Å²) >= 11 is 0. The van der Waals surface area contributed by atoms with E-state index in [1.165, 1.54) is 0 Å². The van der Waals surface area contributed by atoms with Crippen LogP contribution in [0, 0.1) is 11.8 Å². The summed E-state index contributed by atoms with van der Waals surface area (Å²) in [6.07, 6.45) is -5.76. The van der Waals surface area contributed by atoms with Crippen molar-refractivity contribution in [3.63, 3.8) is 0 Å². The monoisotopic (exact) mass is 220 g/mol. The van der Waals surface area contributed by atoms with Crippen LogP contribution >= 0.6 is 0 Å². The van der Waals surface area contributed by atoms with E-state index in [1.807, 2.05) is 0 Å². The van der Waals surface area contributed by atoms with Crippen molar-refractivity contribution in [2.24, 2.45) is 11.8 Å². The summed E-state index contributed by atoms with van der Waals surface area (Å²) in [5.74, 6) is -2.21. The number of aliphatic hydroxyl groups excluding tert-OH is 3. The molecule has 0 aliphatic carbocycles. The van der Waals surface area contributed by atoms with Crippen LogP contribution in [-0.2, 0) is 9.53 Å². The van der Waals surface area contributed by atoms with Crippen LogP contribution in [0.3, 0.4) is 0 Å². The standard InChI is InChI=1S/C9H16O6/c1-3(2)4-5(10)6(11)7(8(12)13)15-9(4)14/h3-7,9-11,14H,1-2H3,(H,12,13). The third kappa shape index (κ3) is 2.28. The van der Waals surface area contributed by atoms with Gasteiger partial charge in [-0.3, -0.25) is 0 Å². The number of hydrogen-bond acceptors (Lipinski definition) is 5. The minimum atomic E-state index is -1.58. The molecule has 1 heterocycles. The third-order valence-corrected chi connectivity index (χ3v) is 2.68. The lowest BCUT2D eigenvalue weighted by Gasteiger charge is -2.40. The topological polar surface area (TPSA) is 107 Å². The van der Waals surface area contributed by atoms with Crippen molar-refractivity contribution in [2.75, 3.05) is 0 Å². The van der Waals surface area contributed by atoms with Crippen molar-refractivity contribution < 1.29 is 30.0 Å². The highest BCUT2D eigenvalue weighted by Crippen LogP contribution is 2.30. The zero-order chi connectivity index (χ0) is 11.7. The number of aliphatic hydroxyl groups is 3. The van der Waals surface area contributed by atoms with Crippen LogP contribution in [0.1, 0.15) is 13.8 Å². The van der Waals surface area contributed by atoms with Crippen molar-refractivity contribution in [1.29, 1.82) is 0 Å². The Labute approximate surface area is 87.1 Å². The maximum absolute atomic E-state index is 10.6. The lowest BCUT2D eigenvalue weighted by atomic mass is 9.83. The van der Waals surface area contributed by atoms with E-state index >= 15 is 0 Å². The van der Waals surface area contributed by atoms with Gasteiger partial charge in [0.1, 0.15) is 6.10 Å². The maximum atomic E-state index is 10.6. The van der Waals surface area contributed by atoms with Gasteiger partial charge in [0, 0.05) is 5.92 Å². The molecule has 4 N–H and O–H groups in total. The van der Waals surface area contributed by atoms with Crippen molar-refractivity contribution in [3.8, 4) is 0 Å². The first-order valence-electron chi connectivity index (χ1n) is 4.78. The molecule has 88 valence electrons. The summed E-state index contributed by atoms with van der Waals surface area (Å²) in [6.45, 7) is 3.49. The number of carboxylic acids is 1. The Morgan fingerprint density at radius 2 is 1.73 bits per heavy atom. The first kappa shape index (κ1) is 12.4. The molecule has 0 aromatic rings. The molecule has 0 aromatic carbocycles. The van der Waals surface area contributed by atoms with Gasteiger partial charge in [0.2, 0.25) is 0 Å². The molecule has 1 rings (SSSR count). The Morgan fingerprint density at radius 1 is 1.20 bits per heavy atom. The van der Waals surface area contributed by atoms with Crippen molar-refractivity contribution in [2.45, 2.75) is 38.4 Å². The molecule has 5 atom stereocenters. The number of hydrogen-bond donors (Lipinski definition) is 4. The van der Waals surface area contributed by atoms with E-state index in [2.05, 4.69) is 0 Å². The third-order valence-electron chi connectivity index (χ3n) is 2.68. The van der Waals surface area contributed by atoms with Gasteiger partial charge in [0.25, 0.3) is 0 Å². The molecule has 5 unspecified atom stereocenters. The molecule has 15 heavy (non-hydrogen) atoms. The lowest BCUT2D eigenvalue weighted by Crippen LogP contribution is -2.58. The Balaban J connectivity index is 2.83. The molecule has 1 aliphatic heterocycles. The first-order valence-corrected chi connectivity index (χ1v) is 4.78. The minimum Gasteiger partial charge on any atom is -0.479 e. The van der Waals surface area contributed by atoms with Crippen LogP contribution in [0.4, 0.5) is 0 Å². The quantitative estimate of drug-likeness (QED) is 0.465. The van der Waals surface area contributed by atoms with Crippen LogP contribution in [-0.4, -0.2) is 51.0 Å². The summed E-state index contributed by atoms with van der Waals surface area (Å²) < 4.78 is 4.75. The van der Waals surface area contributed by atoms with Crippen LogP contribution in [0.25, 0.3) is 0 Å². The Kier molecular flexibility index (Phi) is 3.67. The highest BCUT2D eigenvalue weighted by atomic mass is 16.6. The SMILES string of the molecule is CC(C)C1C(O)OC(C(=O)O)C(O)C1O. The van der Waals surface area contributed by atoms with Crippen LogP contribution in [0.2, 0.25) is 0 Å². The smallest absolute Gasteiger partial charge is 0.335 e. The van der Waals surface area contributed by atoms with Gasteiger partial charge in [-0.2, -0.15) is 0 Å². The summed E-state index contributed by atoms with van der Waals surface area (Å²) in [5, 5.41) is 37.3. The van der Waals surface area contributed by atoms with E-state index in [4.69, 9.17) is 9.84 Å². The van der Waals surface area contributed by atoms with E-state index in [1.54, 1.807) is 13.8 Å². The fraction of sp³-hybridized carbons (Fsp3) is 0.889. The molecule has 0 amide bonds. The first-order chi connectivity index (χ1) is 6.86. The molecule has 1 fully saturated rings. The minimum absolute atomic E-state index is 0.126. The zero-order valence-electron chi connectivity index (χ0n) is 8.57. The van der Waals surface area contributed by atoms with Gasteiger partial charge < -0.3 is 25.2 Å². The number of carbonyl (C=O) groups is 1. The fourth-order valence-corrected chi connectivity index (χ4v) is 1.82. The maximum Gasteiger partial charge on any atom is 0.335 e. The number of rotatable bonds is 2. The normalized spacial score (nSPS) is 41.9. The largest absolute Gasteiger partial charge is 0.479 e. The molecular formula is C9H16O6. The zero-order valence-corrected chi connectivity index (χ0v) is 8.57. The lowest BCUT2D eigenvalue weighted by molar-refractivity contribution is -0.270. The second kappa shape index (κ2) is 4.44. The van der Waals surface area contributed by atoms with E-state index in [0.29, 0.717) is 0 Å². The van der Waals surface area contributed by atoms with Crippen LogP contribution < -0.4 is 0 Å². The van der Waals surface area contributed by atoms with Gasteiger partial charge in [0.05, 0.1) is 6.10 Å². The fourth-order valence-electron chi connectivity index (χ4n) is 1.82. The van der Waals surface area contributed by atoms with E-state index in [9.17, 15) is 20.1 Å². The van der Waals surface area contributed by atoms with Crippen LogP contribution in [0.15, 0.2) is 0 Å². The second-order valence-electron chi connectivity index (χ2n) is 4.09. The molecule has 6 nitrogen and oxygen atoms in total. The predicted molar refractivity (Wildman–Crippen MR) is 48.9 cm³/mol. The van der Waals surface area contributed by atoms with E-state index < -0.39 is 36.5 Å². The Bertz CT molecular complexity index is 241. The van der Waals surface area contributed by atoms with E-state index in [-0.39, 0.29) is 5.92 Å². The highest BCUT2D eigenvalue weighted by Gasteiger charge is 2.47. The van der Waals surface area contributed by atoms with Gasteiger partial charge in [-0.1, -0.05) is 13.8 Å². The Hall–Kier alpha value is -0.690. The number of aliphatic carboxylic acids is 1. The van der Waals surface area contributed by atoms with Gasteiger partial charge >= 0.3 is 5.97 Å². The van der Waals surface area contributed by atoms with Gasteiger partial charge in [0.15, 0.2) is 12.4 Å². The summed E-state index contributed by atoms with van der Waals surface area (Å²) in [7, 11) is 0. The molecule has 0 saturated carbocycles. The summed E-state index contributed by atoms with van der Waals surface area (Å²) in [6, 6.07) is 0. The molecule has 0 bridgehead atoms. The average molecular weight is 220 g/mol. The summed E-state index contributed by atoms with van der Waals surface area (Å²) in [4.78, 5) is 10.6. The molecule has 6 heteroatoms. The average Bonchev–Trinajstić information content (AvgIpc) is 2.10. The molecule has 0 radical (unpaired) electrons. The molecule has 1 aliphatic rings.